The van der Waals surface area contributed by atoms with Gasteiger partial charge in [-0.05, 0) is 49.3 Å². The average Bonchev–Trinajstić information content (AvgIpc) is 3.29. The highest BCUT2D eigenvalue weighted by molar-refractivity contribution is 6.32. The molecule has 2 fully saturated rings. The van der Waals surface area contributed by atoms with E-state index < -0.39 is 0 Å². The maximum Gasteiger partial charge on any atom is 0.137 e. The molecule has 0 bridgehead atoms. The molecule has 20 heavy (non-hydrogen) atoms. The summed E-state index contributed by atoms with van der Waals surface area (Å²) < 4.78 is 11.2. The van der Waals surface area contributed by atoms with E-state index in [2.05, 4.69) is 11.4 Å². The molecule has 110 valence electrons. The Labute approximate surface area is 125 Å². The van der Waals surface area contributed by atoms with Crippen molar-refractivity contribution in [2.45, 2.75) is 38.3 Å². The molecule has 1 saturated carbocycles. The van der Waals surface area contributed by atoms with Crippen LogP contribution in [0.3, 0.4) is 0 Å². The molecule has 1 aliphatic carbocycles. The van der Waals surface area contributed by atoms with Crippen molar-refractivity contribution >= 4 is 11.6 Å². The second-order valence-corrected chi connectivity index (χ2v) is 6.19. The smallest absolute Gasteiger partial charge is 0.137 e. The molecule has 2 aliphatic rings. The predicted molar refractivity (Wildman–Crippen MR) is 80.4 cm³/mol. The number of benzene rings is 1. The third-order valence-corrected chi connectivity index (χ3v) is 4.28. The van der Waals surface area contributed by atoms with E-state index in [0.717, 1.165) is 51.0 Å². The van der Waals surface area contributed by atoms with Gasteiger partial charge < -0.3 is 14.8 Å². The van der Waals surface area contributed by atoms with Gasteiger partial charge in [0.05, 0.1) is 11.6 Å². The van der Waals surface area contributed by atoms with Crippen LogP contribution in [0.15, 0.2) is 18.2 Å². The van der Waals surface area contributed by atoms with E-state index in [0.29, 0.717) is 10.9 Å². The van der Waals surface area contributed by atoms with Crippen molar-refractivity contribution < 1.29 is 9.47 Å². The molecule has 0 aromatic heterocycles. The maximum absolute atomic E-state index is 6.30. The summed E-state index contributed by atoms with van der Waals surface area (Å²) in [5.74, 6) is 1.39. The van der Waals surface area contributed by atoms with Gasteiger partial charge in [0.15, 0.2) is 0 Å². The normalized spacial score (nSPS) is 20.1. The van der Waals surface area contributed by atoms with Crippen LogP contribution in [0.4, 0.5) is 0 Å². The summed E-state index contributed by atoms with van der Waals surface area (Å²) in [5, 5.41) is 4.20. The fraction of sp³-hybridized carbons (Fsp3) is 0.625. The topological polar surface area (TPSA) is 30.5 Å². The zero-order valence-electron chi connectivity index (χ0n) is 11.7. The lowest BCUT2D eigenvalue weighted by atomic mass is 10.0. The number of halogens is 1. The Hall–Kier alpha value is -0.770. The molecule has 1 N–H and O–H groups in total. The van der Waals surface area contributed by atoms with E-state index >= 15 is 0 Å². The first-order valence-corrected chi connectivity index (χ1v) is 7.91. The van der Waals surface area contributed by atoms with E-state index in [1.54, 1.807) is 0 Å². The third kappa shape index (κ3) is 4.11. The van der Waals surface area contributed by atoms with E-state index in [9.17, 15) is 0 Å². The Morgan fingerprint density at radius 3 is 2.70 bits per heavy atom. The summed E-state index contributed by atoms with van der Waals surface area (Å²) in [4.78, 5) is 0. The van der Waals surface area contributed by atoms with Gasteiger partial charge in [0.25, 0.3) is 0 Å². The van der Waals surface area contributed by atoms with Crippen molar-refractivity contribution in [3.8, 4) is 5.75 Å². The zero-order chi connectivity index (χ0) is 13.8. The molecule has 4 heteroatoms. The molecule has 1 aromatic rings. The minimum atomic E-state index is 0.594. The lowest BCUT2D eigenvalue weighted by molar-refractivity contribution is 0.0498. The Bertz CT molecular complexity index is 442. The van der Waals surface area contributed by atoms with E-state index in [-0.39, 0.29) is 0 Å². The summed E-state index contributed by atoms with van der Waals surface area (Å²) in [7, 11) is 0. The van der Waals surface area contributed by atoms with Gasteiger partial charge in [0, 0.05) is 25.8 Å². The van der Waals surface area contributed by atoms with Gasteiger partial charge in [-0.2, -0.15) is 0 Å². The SMILES string of the molecule is Clc1cc(CNC2CC2)ccc1OCC1CCOCC1. The summed E-state index contributed by atoms with van der Waals surface area (Å²) in [6, 6.07) is 6.82. The fourth-order valence-electron chi connectivity index (χ4n) is 2.44. The summed E-state index contributed by atoms with van der Waals surface area (Å²) in [5.41, 5.74) is 1.22. The second kappa shape index (κ2) is 6.79. The Morgan fingerprint density at radius 2 is 2.00 bits per heavy atom. The number of rotatable bonds is 6. The second-order valence-electron chi connectivity index (χ2n) is 5.79. The fourth-order valence-corrected chi connectivity index (χ4v) is 2.70. The lowest BCUT2D eigenvalue weighted by Gasteiger charge is -2.22. The van der Waals surface area contributed by atoms with E-state index in [1.165, 1.54) is 18.4 Å². The van der Waals surface area contributed by atoms with Crippen LogP contribution in [0.25, 0.3) is 0 Å². The first-order chi connectivity index (χ1) is 9.81. The van der Waals surface area contributed by atoms with Crippen molar-refractivity contribution in [1.29, 1.82) is 0 Å². The number of hydrogen-bond acceptors (Lipinski definition) is 3. The van der Waals surface area contributed by atoms with Gasteiger partial charge in [0.1, 0.15) is 5.75 Å². The Kier molecular flexibility index (Phi) is 4.81. The Morgan fingerprint density at radius 1 is 1.20 bits per heavy atom. The molecule has 0 unspecified atom stereocenters. The number of ether oxygens (including phenoxy) is 2. The van der Waals surface area contributed by atoms with Crippen molar-refractivity contribution in [3.63, 3.8) is 0 Å². The van der Waals surface area contributed by atoms with Gasteiger partial charge >= 0.3 is 0 Å². The van der Waals surface area contributed by atoms with Gasteiger partial charge in [0.2, 0.25) is 0 Å². The van der Waals surface area contributed by atoms with Crippen LogP contribution >= 0.6 is 11.6 Å². The zero-order valence-corrected chi connectivity index (χ0v) is 12.5. The quantitative estimate of drug-likeness (QED) is 0.872. The summed E-state index contributed by atoms with van der Waals surface area (Å²) >= 11 is 6.30. The highest BCUT2D eigenvalue weighted by atomic mass is 35.5. The standard InChI is InChI=1S/C16H22ClNO2/c17-15-9-13(10-18-14-2-3-14)1-4-16(15)20-11-12-5-7-19-8-6-12/h1,4,9,12,14,18H,2-3,5-8,10-11H2. The van der Waals surface area contributed by atoms with Crippen LogP contribution in [0.2, 0.25) is 5.02 Å². The number of nitrogens with one attached hydrogen (secondary N) is 1. The molecule has 0 atom stereocenters. The Balaban J connectivity index is 1.50. The molecule has 1 aliphatic heterocycles. The average molecular weight is 296 g/mol. The highest BCUT2D eigenvalue weighted by Crippen LogP contribution is 2.27. The first-order valence-electron chi connectivity index (χ1n) is 7.53. The van der Waals surface area contributed by atoms with Crippen molar-refractivity contribution in [3.05, 3.63) is 28.8 Å². The molecule has 3 rings (SSSR count). The van der Waals surface area contributed by atoms with Crippen LogP contribution in [0.5, 0.6) is 5.75 Å². The maximum atomic E-state index is 6.30. The van der Waals surface area contributed by atoms with E-state index in [1.807, 2.05) is 12.1 Å². The lowest BCUT2D eigenvalue weighted by Crippen LogP contribution is -2.21. The van der Waals surface area contributed by atoms with Crippen LogP contribution < -0.4 is 10.1 Å². The molecular weight excluding hydrogens is 274 g/mol. The van der Waals surface area contributed by atoms with Gasteiger partial charge in [-0.15, -0.1) is 0 Å². The van der Waals surface area contributed by atoms with E-state index in [4.69, 9.17) is 21.1 Å². The van der Waals surface area contributed by atoms with Gasteiger partial charge in [-0.3, -0.25) is 0 Å². The van der Waals surface area contributed by atoms with Crippen LogP contribution in [-0.4, -0.2) is 25.9 Å². The molecule has 0 radical (unpaired) electrons. The van der Waals surface area contributed by atoms with Crippen molar-refractivity contribution in [2.75, 3.05) is 19.8 Å². The predicted octanol–water partition coefficient (Wildman–Crippen LogP) is 3.40. The highest BCUT2D eigenvalue weighted by Gasteiger charge is 2.20. The van der Waals surface area contributed by atoms with Gasteiger partial charge in [-0.25, -0.2) is 0 Å². The third-order valence-electron chi connectivity index (χ3n) is 3.98. The largest absolute Gasteiger partial charge is 0.492 e. The minimum absolute atomic E-state index is 0.594. The van der Waals surface area contributed by atoms with Crippen LogP contribution in [0.1, 0.15) is 31.2 Å². The summed E-state index contributed by atoms with van der Waals surface area (Å²) in [6.45, 7) is 3.34. The molecular formula is C16H22ClNO2. The molecule has 1 heterocycles. The minimum Gasteiger partial charge on any atom is -0.492 e. The van der Waals surface area contributed by atoms with Crippen LogP contribution in [-0.2, 0) is 11.3 Å². The van der Waals surface area contributed by atoms with Crippen molar-refractivity contribution in [1.82, 2.24) is 5.32 Å². The monoisotopic (exact) mass is 295 g/mol. The molecule has 1 saturated heterocycles. The number of hydrogen-bond donors (Lipinski definition) is 1. The van der Waals surface area contributed by atoms with Gasteiger partial charge in [-0.1, -0.05) is 17.7 Å². The first kappa shape index (κ1) is 14.2. The molecule has 1 aromatic carbocycles. The molecule has 3 nitrogen and oxygen atoms in total. The molecule has 0 spiro atoms. The van der Waals surface area contributed by atoms with Crippen molar-refractivity contribution in [2.24, 2.45) is 5.92 Å². The molecule has 0 amide bonds. The van der Waals surface area contributed by atoms with Crippen LogP contribution in [0, 0.1) is 5.92 Å². The summed E-state index contributed by atoms with van der Waals surface area (Å²) in [6.07, 6.45) is 4.78.